The van der Waals surface area contributed by atoms with Gasteiger partial charge in [0.2, 0.25) is 0 Å². The third kappa shape index (κ3) is 0.820. The fourth-order valence-electron chi connectivity index (χ4n) is 11.1. The highest BCUT2D eigenvalue weighted by Crippen LogP contribution is 2.89. The lowest BCUT2D eigenvalue weighted by atomic mass is 9.40. The molecule has 2 N–H and O–H groups in total. The van der Waals surface area contributed by atoms with E-state index < -0.39 is 6.10 Å². The first-order valence-electron chi connectivity index (χ1n) is 9.92. The van der Waals surface area contributed by atoms with Crippen molar-refractivity contribution >= 4 is 0 Å². The van der Waals surface area contributed by atoms with E-state index in [1.165, 1.54) is 6.42 Å². The van der Waals surface area contributed by atoms with Gasteiger partial charge >= 0.3 is 0 Å². The van der Waals surface area contributed by atoms with Crippen molar-refractivity contribution in [2.75, 3.05) is 0 Å². The van der Waals surface area contributed by atoms with Gasteiger partial charge in [-0.1, -0.05) is 19.1 Å². The second-order valence-corrected chi connectivity index (χ2v) is 10.9. The summed E-state index contributed by atoms with van der Waals surface area (Å²) in [6, 6.07) is 1.08. The smallest absolute Gasteiger partial charge is 0.117 e. The second kappa shape index (κ2) is 3.06. The van der Waals surface area contributed by atoms with Gasteiger partial charge in [-0.3, -0.25) is 4.90 Å². The molecular formula is C20H25NO3. The average molecular weight is 327 g/mol. The lowest BCUT2D eigenvalue weighted by Gasteiger charge is -2.65. The van der Waals surface area contributed by atoms with Gasteiger partial charge in [0.15, 0.2) is 0 Å². The van der Waals surface area contributed by atoms with Crippen LogP contribution in [-0.4, -0.2) is 51.7 Å². The molecule has 0 radical (unpaired) electrons. The summed E-state index contributed by atoms with van der Waals surface area (Å²) in [4.78, 5) is 2.73. The number of aliphatic hydroxyl groups is 2. The Morgan fingerprint density at radius 3 is 2.83 bits per heavy atom. The van der Waals surface area contributed by atoms with Crippen LogP contribution in [0.4, 0.5) is 0 Å². The highest BCUT2D eigenvalue weighted by molar-refractivity contribution is 5.44. The van der Waals surface area contributed by atoms with Gasteiger partial charge < -0.3 is 14.9 Å². The van der Waals surface area contributed by atoms with Crippen LogP contribution in [0.5, 0.6) is 0 Å². The van der Waals surface area contributed by atoms with Gasteiger partial charge in [-0.05, 0) is 48.3 Å². The van der Waals surface area contributed by atoms with Crippen molar-refractivity contribution in [2.45, 2.75) is 69.2 Å². The summed E-state index contributed by atoms with van der Waals surface area (Å²) in [6.07, 6.45) is 4.44. The van der Waals surface area contributed by atoms with Crippen LogP contribution in [0.25, 0.3) is 0 Å². The number of piperidine rings is 2. The number of aliphatic hydroxyl groups excluding tert-OH is 2. The fourth-order valence-corrected chi connectivity index (χ4v) is 11.1. The van der Waals surface area contributed by atoms with Crippen molar-refractivity contribution in [1.82, 2.24) is 4.90 Å². The molecule has 4 nitrogen and oxygen atoms in total. The Morgan fingerprint density at radius 2 is 2.00 bits per heavy atom. The Labute approximate surface area is 141 Å². The lowest BCUT2D eigenvalue weighted by Crippen LogP contribution is -2.68. The molecule has 11 bridgehead atoms. The molecule has 0 aromatic heterocycles. The van der Waals surface area contributed by atoms with Gasteiger partial charge in [-0.2, -0.15) is 0 Å². The summed E-state index contributed by atoms with van der Waals surface area (Å²) in [6.45, 7) is 6.75. The summed E-state index contributed by atoms with van der Waals surface area (Å²) >= 11 is 0. The van der Waals surface area contributed by atoms with Crippen molar-refractivity contribution in [3.8, 4) is 0 Å². The van der Waals surface area contributed by atoms with Crippen molar-refractivity contribution in [3.05, 3.63) is 12.2 Å². The molecule has 10 aliphatic rings. The van der Waals surface area contributed by atoms with E-state index in [1.54, 1.807) is 0 Å². The van der Waals surface area contributed by atoms with Gasteiger partial charge in [0.25, 0.3) is 0 Å². The van der Waals surface area contributed by atoms with Crippen LogP contribution in [0.2, 0.25) is 0 Å². The molecule has 128 valence electrons. The minimum atomic E-state index is -0.396. The summed E-state index contributed by atoms with van der Waals surface area (Å²) in [5, 5.41) is 22.7. The molecule has 10 fully saturated rings. The Morgan fingerprint density at radius 1 is 1.17 bits per heavy atom. The average Bonchev–Trinajstić information content (AvgIpc) is 2.95. The van der Waals surface area contributed by atoms with Crippen molar-refractivity contribution in [1.29, 1.82) is 0 Å². The highest BCUT2D eigenvalue weighted by Gasteiger charge is 2.93. The Balaban J connectivity index is 1.48. The summed E-state index contributed by atoms with van der Waals surface area (Å²) in [7, 11) is 0. The topological polar surface area (TPSA) is 52.9 Å². The van der Waals surface area contributed by atoms with Crippen LogP contribution in [0.3, 0.4) is 0 Å². The quantitative estimate of drug-likeness (QED) is 0.655. The van der Waals surface area contributed by atoms with E-state index in [1.807, 2.05) is 0 Å². The zero-order valence-corrected chi connectivity index (χ0v) is 14.1. The van der Waals surface area contributed by atoms with Crippen LogP contribution in [0.1, 0.15) is 32.6 Å². The number of hydrogen-bond acceptors (Lipinski definition) is 4. The molecule has 14 unspecified atom stereocenters. The van der Waals surface area contributed by atoms with Crippen LogP contribution in [-0.2, 0) is 4.74 Å². The largest absolute Gasteiger partial charge is 0.392 e. The number of hydrogen-bond donors (Lipinski definition) is 2. The Hall–Kier alpha value is -0.420. The molecule has 4 saturated heterocycles. The number of nitrogens with zero attached hydrogens (tertiary/aromatic N) is 1. The third-order valence-corrected chi connectivity index (χ3v) is 10.6. The predicted molar refractivity (Wildman–Crippen MR) is 84.6 cm³/mol. The summed E-state index contributed by atoms with van der Waals surface area (Å²) < 4.78 is 6.54. The first kappa shape index (κ1) is 12.9. The van der Waals surface area contributed by atoms with Crippen LogP contribution in [0, 0.1) is 39.9 Å². The zero-order chi connectivity index (χ0) is 16.0. The number of rotatable bonds is 0. The molecular weight excluding hydrogens is 302 g/mol. The van der Waals surface area contributed by atoms with Gasteiger partial charge in [0.05, 0.1) is 18.3 Å². The van der Waals surface area contributed by atoms with Crippen LogP contribution < -0.4 is 0 Å². The molecule has 24 heavy (non-hydrogen) atoms. The van der Waals surface area contributed by atoms with Gasteiger partial charge in [0, 0.05) is 29.3 Å². The number of ether oxygens (including phenoxy) is 1. The van der Waals surface area contributed by atoms with E-state index in [0.717, 1.165) is 24.8 Å². The Bertz CT molecular complexity index is 753. The second-order valence-electron chi connectivity index (χ2n) is 10.9. The maximum atomic E-state index is 11.4. The fraction of sp³-hybridized carbons (Fsp3) is 0.900. The lowest BCUT2D eigenvalue weighted by molar-refractivity contribution is -0.216. The first-order chi connectivity index (χ1) is 11.4. The summed E-state index contributed by atoms with van der Waals surface area (Å²) in [5.41, 5.74) is 1.74. The van der Waals surface area contributed by atoms with Crippen LogP contribution >= 0.6 is 0 Å². The normalized spacial score (nSPS) is 80.5. The number of fused-ring (bicyclic) bond motifs is 2. The third-order valence-electron chi connectivity index (χ3n) is 10.6. The minimum Gasteiger partial charge on any atom is -0.392 e. The maximum Gasteiger partial charge on any atom is 0.117 e. The van der Waals surface area contributed by atoms with E-state index in [9.17, 15) is 10.2 Å². The molecule has 0 amide bonds. The van der Waals surface area contributed by atoms with E-state index >= 15 is 0 Å². The van der Waals surface area contributed by atoms with Crippen molar-refractivity contribution in [3.63, 3.8) is 0 Å². The van der Waals surface area contributed by atoms with Crippen LogP contribution in [0.15, 0.2) is 12.2 Å². The molecule has 14 atom stereocenters. The molecule has 6 aliphatic carbocycles. The maximum absolute atomic E-state index is 11.4. The van der Waals surface area contributed by atoms with E-state index in [0.29, 0.717) is 35.9 Å². The molecule has 4 heterocycles. The van der Waals surface area contributed by atoms with E-state index in [-0.39, 0.29) is 34.5 Å². The SMILES string of the molecule is C=C1CC23CC4C5C6(C)CC7CC58C(C2C(O)C1C(O)C38)N4C6O7. The van der Waals surface area contributed by atoms with E-state index in [4.69, 9.17) is 4.74 Å². The predicted octanol–water partition coefficient (Wildman–Crippen LogP) is 1.13. The molecule has 0 aromatic carbocycles. The standard InChI is InChI=1S/C20H25NO3/c1-7-3-19-6-9-14-18(2)4-8-5-20(14)15(19)13(23)10(7)12(22)11(19)16(20)21(9)17(18)24-8/h8-17,22-23H,1,3-6H2,2H3. The highest BCUT2D eigenvalue weighted by atomic mass is 16.5. The van der Waals surface area contributed by atoms with Gasteiger partial charge in [0.1, 0.15) is 6.23 Å². The Kier molecular flexibility index (Phi) is 1.64. The van der Waals surface area contributed by atoms with Crippen molar-refractivity contribution in [2.24, 2.45) is 39.9 Å². The zero-order valence-electron chi connectivity index (χ0n) is 14.1. The molecule has 0 aromatic rings. The molecule has 4 heteroatoms. The first-order valence-corrected chi connectivity index (χ1v) is 9.92. The van der Waals surface area contributed by atoms with Gasteiger partial charge in [-0.25, -0.2) is 0 Å². The molecule has 2 spiro atoms. The molecule has 10 rings (SSSR count). The summed E-state index contributed by atoms with van der Waals surface area (Å²) in [5.74, 6) is 1.31. The minimum absolute atomic E-state index is 0.0792. The molecule has 6 saturated carbocycles. The monoisotopic (exact) mass is 327 g/mol. The van der Waals surface area contributed by atoms with Gasteiger partial charge in [-0.15, -0.1) is 0 Å². The van der Waals surface area contributed by atoms with Crippen molar-refractivity contribution < 1.29 is 14.9 Å². The van der Waals surface area contributed by atoms with E-state index in [2.05, 4.69) is 18.4 Å². The molecule has 4 aliphatic heterocycles.